The molecule has 0 unspecified atom stereocenters. The Hall–Kier alpha value is -1.88. The van der Waals surface area contributed by atoms with Crippen molar-refractivity contribution in [3.8, 4) is 0 Å². The Balaban J connectivity index is 1.74. The van der Waals surface area contributed by atoms with Crippen LogP contribution in [0.5, 0.6) is 0 Å². The summed E-state index contributed by atoms with van der Waals surface area (Å²) < 4.78 is 0. The number of carbonyl (C=O) groups excluding carboxylic acids is 2. The van der Waals surface area contributed by atoms with Crippen LogP contribution in [0.4, 0.5) is 0 Å². The third-order valence-corrected chi connectivity index (χ3v) is 5.02. The zero-order chi connectivity index (χ0) is 18.1. The van der Waals surface area contributed by atoms with Crippen molar-refractivity contribution in [2.45, 2.75) is 33.1 Å². The van der Waals surface area contributed by atoms with Crippen LogP contribution < -0.4 is 10.2 Å². The lowest BCUT2D eigenvalue weighted by Crippen LogP contribution is -3.14. The molecule has 2 rings (SSSR count). The largest absolute Gasteiger partial charge is 0.355 e. The highest BCUT2D eigenvalue weighted by molar-refractivity contribution is 5.85. The first kappa shape index (κ1) is 19.4. The van der Waals surface area contributed by atoms with E-state index in [4.69, 9.17) is 0 Å². The summed E-state index contributed by atoms with van der Waals surface area (Å²) in [6, 6.07) is 10.7. The molecule has 2 amide bonds. The van der Waals surface area contributed by atoms with Crippen LogP contribution in [0.25, 0.3) is 0 Å². The number of nitrogens with zero attached hydrogens (tertiary/aromatic N) is 1. The number of likely N-dealkylation sites (tertiary alicyclic amines) is 1. The highest BCUT2D eigenvalue weighted by Crippen LogP contribution is 2.16. The number of rotatable bonds is 8. The van der Waals surface area contributed by atoms with E-state index in [1.54, 1.807) is 4.90 Å². The number of nitrogens with one attached hydrogen (secondary N) is 2. The number of benzene rings is 1. The molecule has 0 spiro atoms. The molecule has 0 aromatic heterocycles. The van der Waals surface area contributed by atoms with Crippen molar-refractivity contribution in [1.82, 2.24) is 10.2 Å². The number of carbonyl (C=O) groups is 2. The predicted octanol–water partition coefficient (Wildman–Crippen LogP) is 0.509. The third-order valence-electron chi connectivity index (χ3n) is 5.02. The fourth-order valence-electron chi connectivity index (χ4n) is 3.54. The monoisotopic (exact) mass is 346 g/mol. The molecule has 2 N–H and O–H groups in total. The Morgan fingerprint density at radius 3 is 2.44 bits per heavy atom. The van der Waals surface area contributed by atoms with Gasteiger partial charge in [-0.2, -0.15) is 0 Å². The van der Waals surface area contributed by atoms with Gasteiger partial charge in [-0.25, -0.2) is 0 Å². The Labute approximate surface area is 151 Å². The number of amides is 2. The summed E-state index contributed by atoms with van der Waals surface area (Å²) in [6.45, 7) is 7.77. The molecular weight excluding hydrogens is 314 g/mol. The fraction of sp³-hybridized carbons (Fsp3) is 0.600. The molecule has 5 nitrogen and oxygen atoms in total. The summed E-state index contributed by atoms with van der Waals surface area (Å²) in [7, 11) is 0. The lowest BCUT2D eigenvalue weighted by molar-refractivity contribution is -0.898. The van der Waals surface area contributed by atoms with E-state index >= 15 is 0 Å². The highest BCUT2D eigenvalue weighted by atomic mass is 16.2. The number of hydrogen-bond donors (Lipinski definition) is 2. The maximum atomic E-state index is 12.5. The van der Waals surface area contributed by atoms with Gasteiger partial charge in [-0.05, 0) is 44.6 Å². The first-order chi connectivity index (χ1) is 12.1. The summed E-state index contributed by atoms with van der Waals surface area (Å²) in [5.74, 6) is 0.735. The van der Waals surface area contributed by atoms with Gasteiger partial charge in [-0.15, -0.1) is 0 Å². The zero-order valence-corrected chi connectivity index (χ0v) is 15.6. The molecular formula is C20H32N3O2+. The minimum atomic E-state index is -0.0748. The van der Waals surface area contributed by atoms with E-state index in [-0.39, 0.29) is 18.4 Å². The van der Waals surface area contributed by atoms with Crippen LogP contribution in [-0.4, -0.2) is 56.0 Å². The van der Waals surface area contributed by atoms with Crippen molar-refractivity contribution in [3.63, 3.8) is 0 Å². The smallest absolute Gasteiger partial charge is 0.278 e. The molecule has 5 heteroatoms. The number of likely N-dealkylation sites (N-methyl/N-ethyl adjacent to an activating group) is 2. The molecule has 1 fully saturated rings. The molecule has 138 valence electrons. The summed E-state index contributed by atoms with van der Waals surface area (Å²) in [6.07, 6.45) is 3.47. The molecule has 0 aliphatic carbocycles. The molecule has 0 atom stereocenters. The molecule has 0 bridgehead atoms. The van der Waals surface area contributed by atoms with Crippen molar-refractivity contribution >= 4 is 11.8 Å². The van der Waals surface area contributed by atoms with Crippen molar-refractivity contribution < 1.29 is 14.5 Å². The SMILES string of the molecule is CCNC(=O)CN(CC)C(=O)C[NH+]1CCC(Cc2ccccc2)CC1. The molecule has 1 aliphatic rings. The molecule has 25 heavy (non-hydrogen) atoms. The summed E-state index contributed by atoms with van der Waals surface area (Å²) in [4.78, 5) is 27.2. The lowest BCUT2D eigenvalue weighted by atomic mass is 9.90. The summed E-state index contributed by atoms with van der Waals surface area (Å²) in [5.41, 5.74) is 1.41. The minimum absolute atomic E-state index is 0.0748. The van der Waals surface area contributed by atoms with Gasteiger partial charge in [0, 0.05) is 13.1 Å². The van der Waals surface area contributed by atoms with E-state index in [0.717, 1.165) is 25.4 Å². The average Bonchev–Trinajstić information content (AvgIpc) is 2.62. The van der Waals surface area contributed by atoms with E-state index in [1.807, 2.05) is 13.8 Å². The van der Waals surface area contributed by atoms with Gasteiger partial charge in [0.25, 0.3) is 5.91 Å². The number of hydrogen-bond acceptors (Lipinski definition) is 2. The standard InChI is InChI=1S/C20H31N3O2/c1-3-21-19(24)15-23(4-2)20(25)16-22-12-10-18(11-13-22)14-17-8-6-5-7-9-17/h5-9,18H,3-4,10-16H2,1-2H3,(H,21,24)/p+1. The van der Waals surface area contributed by atoms with Gasteiger partial charge in [0.1, 0.15) is 0 Å². The molecule has 0 radical (unpaired) electrons. The van der Waals surface area contributed by atoms with Crippen LogP contribution in [0.15, 0.2) is 30.3 Å². The van der Waals surface area contributed by atoms with Gasteiger partial charge >= 0.3 is 0 Å². The van der Waals surface area contributed by atoms with Crippen LogP contribution in [0.1, 0.15) is 32.3 Å². The molecule has 0 saturated carbocycles. The second-order valence-electron chi connectivity index (χ2n) is 6.92. The van der Waals surface area contributed by atoms with Gasteiger partial charge in [0.2, 0.25) is 5.91 Å². The van der Waals surface area contributed by atoms with Crippen LogP contribution >= 0.6 is 0 Å². The topological polar surface area (TPSA) is 53.9 Å². The van der Waals surface area contributed by atoms with E-state index in [1.165, 1.54) is 23.3 Å². The Kier molecular flexibility index (Phi) is 7.92. The van der Waals surface area contributed by atoms with E-state index in [2.05, 4.69) is 35.6 Å². The Morgan fingerprint density at radius 1 is 1.16 bits per heavy atom. The zero-order valence-electron chi connectivity index (χ0n) is 15.6. The number of quaternary nitrogens is 1. The van der Waals surface area contributed by atoms with E-state index < -0.39 is 0 Å². The predicted molar refractivity (Wildman–Crippen MR) is 99.4 cm³/mol. The van der Waals surface area contributed by atoms with E-state index in [0.29, 0.717) is 19.6 Å². The quantitative estimate of drug-likeness (QED) is 0.721. The summed E-state index contributed by atoms with van der Waals surface area (Å²) >= 11 is 0. The van der Waals surface area contributed by atoms with Crippen molar-refractivity contribution in [2.75, 3.05) is 39.3 Å². The normalized spacial score (nSPS) is 20.1. The van der Waals surface area contributed by atoms with Gasteiger partial charge in [0.15, 0.2) is 6.54 Å². The van der Waals surface area contributed by atoms with Crippen LogP contribution in [0.2, 0.25) is 0 Å². The molecule has 1 aromatic rings. The minimum Gasteiger partial charge on any atom is -0.355 e. The molecule has 1 aliphatic heterocycles. The van der Waals surface area contributed by atoms with Crippen LogP contribution in [-0.2, 0) is 16.0 Å². The van der Waals surface area contributed by atoms with Crippen LogP contribution in [0.3, 0.4) is 0 Å². The van der Waals surface area contributed by atoms with Gasteiger partial charge in [0.05, 0.1) is 19.6 Å². The molecule has 1 saturated heterocycles. The van der Waals surface area contributed by atoms with Crippen molar-refractivity contribution in [2.24, 2.45) is 5.92 Å². The second kappa shape index (κ2) is 10.2. The van der Waals surface area contributed by atoms with Gasteiger partial charge in [-0.1, -0.05) is 30.3 Å². The second-order valence-corrected chi connectivity index (χ2v) is 6.92. The maximum Gasteiger partial charge on any atom is 0.278 e. The first-order valence-electron chi connectivity index (χ1n) is 9.54. The molecule has 1 heterocycles. The number of piperidine rings is 1. The van der Waals surface area contributed by atoms with Crippen molar-refractivity contribution in [3.05, 3.63) is 35.9 Å². The maximum absolute atomic E-state index is 12.5. The van der Waals surface area contributed by atoms with Gasteiger partial charge < -0.3 is 15.1 Å². The molecule has 1 aromatic carbocycles. The Bertz CT molecular complexity index is 539. The van der Waals surface area contributed by atoms with Gasteiger partial charge in [-0.3, -0.25) is 9.59 Å². The Morgan fingerprint density at radius 2 is 1.84 bits per heavy atom. The third kappa shape index (κ3) is 6.50. The highest BCUT2D eigenvalue weighted by Gasteiger charge is 2.26. The first-order valence-corrected chi connectivity index (χ1v) is 9.54. The lowest BCUT2D eigenvalue weighted by Gasteiger charge is -2.30. The fourth-order valence-corrected chi connectivity index (χ4v) is 3.54. The van der Waals surface area contributed by atoms with Crippen molar-refractivity contribution in [1.29, 1.82) is 0 Å². The summed E-state index contributed by atoms with van der Waals surface area (Å²) in [5, 5.41) is 2.76. The van der Waals surface area contributed by atoms with E-state index in [9.17, 15) is 9.59 Å². The van der Waals surface area contributed by atoms with Crippen LogP contribution in [0, 0.1) is 5.92 Å². The average molecular weight is 346 g/mol.